The van der Waals surface area contributed by atoms with Crippen molar-refractivity contribution in [3.8, 4) is 11.5 Å². The molecule has 3 aliphatic carbocycles. The summed E-state index contributed by atoms with van der Waals surface area (Å²) in [5.41, 5.74) is 1.60. The van der Waals surface area contributed by atoms with Gasteiger partial charge < -0.3 is 19.7 Å². The number of nitrogens with zero attached hydrogens (tertiary/aromatic N) is 1. The lowest BCUT2D eigenvalue weighted by Gasteiger charge is -2.65. The van der Waals surface area contributed by atoms with Gasteiger partial charge in [0.05, 0.1) is 11.0 Å². The van der Waals surface area contributed by atoms with Gasteiger partial charge in [-0.25, -0.2) is 0 Å². The van der Waals surface area contributed by atoms with Crippen molar-refractivity contribution in [2.45, 2.75) is 94.0 Å². The molecule has 1 spiro atoms. The number of carboxylic acid groups (broad SMARTS) is 1. The van der Waals surface area contributed by atoms with Gasteiger partial charge in [0.25, 0.3) is 0 Å². The summed E-state index contributed by atoms with van der Waals surface area (Å²) >= 11 is 0. The third-order valence-electron chi connectivity index (χ3n) is 9.51. The predicted octanol–water partition coefficient (Wildman–Crippen LogP) is 3.07. The Balaban J connectivity index is 1.44. The number of carboxylic acids is 1. The van der Waals surface area contributed by atoms with Gasteiger partial charge in [0, 0.05) is 31.3 Å². The highest BCUT2D eigenvalue weighted by molar-refractivity contribution is 5.73. The Kier molecular flexibility index (Phi) is 5.21. The molecule has 7 nitrogen and oxygen atoms in total. The van der Waals surface area contributed by atoms with Crippen LogP contribution in [0.4, 0.5) is 0 Å². The van der Waals surface area contributed by atoms with Crippen LogP contribution in [0.2, 0.25) is 0 Å². The van der Waals surface area contributed by atoms with Crippen LogP contribution >= 0.6 is 0 Å². The van der Waals surface area contributed by atoms with Gasteiger partial charge in [-0.1, -0.05) is 19.9 Å². The largest absolute Gasteiger partial charge is 0.504 e. The molecule has 0 amide bonds. The number of piperidine rings is 1. The molecule has 34 heavy (non-hydrogen) atoms. The Labute approximate surface area is 201 Å². The van der Waals surface area contributed by atoms with E-state index in [9.17, 15) is 15.0 Å². The molecular formula is C27H38N2O5. The molecule has 0 unspecified atom stereocenters. The summed E-state index contributed by atoms with van der Waals surface area (Å²) in [6.07, 6.45) is 6.42. The van der Waals surface area contributed by atoms with E-state index in [1.807, 2.05) is 7.11 Å². The predicted molar refractivity (Wildman–Crippen MR) is 127 cm³/mol. The van der Waals surface area contributed by atoms with Crippen molar-refractivity contribution in [2.24, 2.45) is 11.8 Å². The molecule has 2 saturated carbocycles. The molecule has 2 heterocycles. The zero-order valence-electron chi connectivity index (χ0n) is 20.5. The summed E-state index contributed by atoms with van der Waals surface area (Å²) in [5, 5.41) is 24.3. The normalized spacial score (nSPS) is 36.8. The van der Waals surface area contributed by atoms with Crippen LogP contribution < -0.4 is 10.1 Å². The molecule has 1 aromatic carbocycles. The average molecular weight is 471 g/mol. The Morgan fingerprint density at radius 2 is 2.09 bits per heavy atom. The van der Waals surface area contributed by atoms with Crippen LogP contribution in [-0.4, -0.2) is 71.1 Å². The fourth-order valence-corrected chi connectivity index (χ4v) is 8.01. The summed E-state index contributed by atoms with van der Waals surface area (Å²) < 4.78 is 13.3. The van der Waals surface area contributed by atoms with Crippen LogP contribution in [0.5, 0.6) is 11.5 Å². The smallest absolute Gasteiger partial charge is 0.320 e. The zero-order valence-corrected chi connectivity index (χ0v) is 20.5. The van der Waals surface area contributed by atoms with Crippen molar-refractivity contribution < 1.29 is 24.5 Å². The fourth-order valence-electron chi connectivity index (χ4n) is 8.01. The number of benzene rings is 1. The molecule has 186 valence electrons. The molecule has 6 rings (SSSR count). The number of ether oxygens (including phenoxy) is 2. The van der Waals surface area contributed by atoms with Crippen molar-refractivity contribution in [2.75, 3.05) is 20.2 Å². The Hall–Kier alpha value is -1.83. The highest BCUT2D eigenvalue weighted by atomic mass is 16.5. The van der Waals surface area contributed by atoms with E-state index in [1.165, 1.54) is 18.4 Å². The van der Waals surface area contributed by atoms with Crippen molar-refractivity contribution in [3.05, 3.63) is 23.3 Å². The average Bonchev–Trinajstić information content (AvgIpc) is 3.54. The maximum Gasteiger partial charge on any atom is 0.320 e. The molecule has 1 saturated heterocycles. The number of aromatic hydroxyl groups is 1. The minimum Gasteiger partial charge on any atom is -0.504 e. The van der Waals surface area contributed by atoms with Crippen molar-refractivity contribution in [1.29, 1.82) is 0 Å². The molecule has 0 aromatic heterocycles. The van der Waals surface area contributed by atoms with Gasteiger partial charge in [0.2, 0.25) is 0 Å². The van der Waals surface area contributed by atoms with E-state index in [0.29, 0.717) is 12.2 Å². The second-order valence-electron chi connectivity index (χ2n) is 11.8. The Morgan fingerprint density at radius 3 is 2.76 bits per heavy atom. The first kappa shape index (κ1) is 22.6. The number of phenols is 1. The highest BCUT2D eigenvalue weighted by Gasteiger charge is 2.74. The van der Waals surface area contributed by atoms with Gasteiger partial charge in [-0.05, 0) is 75.0 Å². The number of hydrogen-bond donors (Lipinski definition) is 3. The van der Waals surface area contributed by atoms with Crippen molar-refractivity contribution >= 4 is 5.97 Å². The molecule has 3 fully saturated rings. The van der Waals surface area contributed by atoms with E-state index in [1.54, 1.807) is 6.07 Å². The molecule has 2 aliphatic heterocycles. The molecule has 1 aromatic rings. The Morgan fingerprint density at radius 1 is 1.29 bits per heavy atom. The zero-order chi connectivity index (χ0) is 23.8. The number of likely N-dealkylation sites (tertiary alicyclic amines) is 1. The van der Waals surface area contributed by atoms with E-state index >= 15 is 0 Å². The molecule has 0 radical (unpaired) electrons. The van der Waals surface area contributed by atoms with Gasteiger partial charge in [-0.15, -0.1) is 0 Å². The molecule has 6 atom stereocenters. The maximum absolute atomic E-state index is 12.1. The van der Waals surface area contributed by atoms with E-state index in [0.717, 1.165) is 50.3 Å². The SMILES string of the molecule is CO[C@@]12CC[C@@H](N[C@@H](CC(C)C)C(=O)O)[C@@H]3Oc4c(O)ccc5c4[C@@]31CCN(CC1CC1)[C@@H]2C5. The third kappa shape index (κ3) is 3.02. The lowest BCUT2D eigenvalue weighted by atomic mass is 9.48. The van der Waals surface area contributed by atoms with Crippen molar-refractivity contribution in [1.82, 2.24) is 10.2 Å². The Bertz CT molecular complexity index is 993. The van der Waals surface area contributed by atoms with E-state index in [-0.39, 0.29) is 35.3 Å². The van der Waals surface area contributed by atoms with Gasteiger partial charge >= 0.3 is 5.97 Å². The summed E-state index contributed by atoms with van der Waals surface area (Å²) in [6, 6.07) is 3.38. The molecular weight excluding hydrogens is 432 g/mol. The standard InChI is InChI=1S/C27H38N2O5/c1-15(2)12-19(25(31)32)28-18-8-9-27(33-3)21-13-17-6-7-20(30)23-22(17)26(27,24(18)34-23)10-11-29(21)14-16-4-5-16/h6-7,15-16,18-19,21,24,28,30H,4-5,8-14H2,1-3H3,(H,31,32)/t18-,19+,21-,24+,26+,27-/m1/s1. The van der Waals surface area contributed by atoms with Crippen LogP contribution in [0.15, 0.2) is 12.1 Å². The quantitative estimate of drug-likeness (QED) is 0.538. The second-order valence-corrected chi connectivity index (χ2v) is 11.8. The van der Waals surface area contributed by atoms with E-state index in [4.69, 9.17) is 9.47 Å². The second kappa shape index (κ2) is 7.84. The first-order valence-corrected chi connectivity index (χ1v) is 13.1. The van der Waals surface area contributed by atoms with E-state index < -0.39 is 17.6 Å². The molecule has 7 heteroatoms. The summed E-state index contributed by atoms with van der Waals surface area (Å²) in [6.45, 7) is 6.23. The minimum atomic E-state index is -0.811. The van der Waals surface area contributed by atoms with Crippen LogP contribution in [0.1, 0.15) is 63.5 Å². The lowest BCUT2D eigenvalue weighted by Crippen LogP contribution is -2.79. The van der Waals surface area contributed by atoms with Crippen LogP contribution in [0.3, 0.4) is 0 Å². The van der Waals surface area contributed by atoms with Crippen LogP contribution in [0.25, 0.3) is 0 Å². The van der Waals surface area contributed by atoms with E-state index in [2.05, 4.69) is 30.1 Å². The van der Waals surface area contributed by atoms with Crippen molar-refractivity contribution in [3.63, 3.8) is 0 Å². The van der Waals surface area contributed by atoms with Crippen LogP contribution in [-0.2, 0) is 21.4 Å². The summed E-state index contributed by atoms with van der Waals surface area (Å²) in [5.74, 6) is 1.05. The number of hydrogen-bond acceptors (Lipinski definition) is 6. The number of aliphatic carboxylic acids is 1. The molecule has 3 N–H and O–H groups in total. The first-order chi connectivity index (χ1) is 16.3. The van der Waals surface area contributed by atoms with Gasteiger partial charge in [-0.2, -0.15) is 0 Å². The number of methoxy groups -OCH3 is 1. The number of nitrogens with one attached hydrogen (secondary N) is 1. The number of carbonyl (C=O) groups is 1. The van der Waals surface area contributed by atoms with Gasteiger partial charge in [0.1, 0.15) is 12.1 Å². The topological polar surface area (TPSA) is 91.3 Å². The van der Waals surface area contributed by atoms with Gasteiger partial charge in [-0.3, -0.25) is 15.0 Å². The maximum atomic E-state index is 12.1. The minimum absolute atomic E-state index is 0.114. The number of phenolic OH excluding ortho intramolecular Hbond substituents is 1. The first-order valence-electron chi connectivity index (χ1n) is 13.1. The molecule has 2 bridgehead atoms. The highest BCUT2D eigenvalue weighted by Crippen LogP contribution is 2.66. The monoisotopic (exact) mass is 470 g/mol. The summed E-state index contributed by atoms with van der Waals surface area (Å²) in [4.78, 5) is 14.8. The van der Waals surface area contributed by atoms with Gasteiger partial charge in [0.15, 0.2) is 11.5 Å². The number of rotatable bonds is 8. The van der Waals surface area contributed by atoms with Crippen LogP contribution in [0, 0.1) is 11.8 Å². The fraction of sp³-hybridized carbons (Fsp3) is 0.741. The summed E-state index contributed by atoms with van der Waals surface area (Å²) in [7, 11) is 1.85. The molecule has 5 aliphatic rings. The lowest BCUT2D eigenvalue weighted by molar-refractivity contribution is -0.208. The third-order valence-corrected chi connectivity index (χ3v) is 9.51.